The van der Waals surface area contributed by atoms with Crippen LogP contribution in [-0.4, -0.2) is 58.3 Å². The Bertz CT molecular complexity index is 580. The van der Waals surface area contributed by atoms with Gasteiger partial charge in [0.25, 0.3) is 0 Å². The highest BCUT2D eigenvalue weighted by Crippen LogP contribution is 2.24. The number of nitrogens with one attached hydrogen (secondary N) is 1. The lowest BCUT2D eigenvalue weighted by Gasteiger charge is -2.19. The molecule has 0 heterocycles. The van der Waals surface area contributed by atoms with E-state index in [1.807, 2.05) is 32.9 Å². The first-order valence-electron chi connectivity index (χ1n) is 9.98. The van der Waals surface area contributed by atoms with E-state index in [-0.39, 0.29) is 24.4 Å². The van der Waals surface area contributed by atoms with E-state index in [4.69, 9.17) is 18.9 Å². The molecular formula is C21H34N2O5. The number of allylic oxidation sites excluding steroid dienone is 3. The highest BCUT2D eigenvalue weighted by atomic mass is 16.6. The maximum atomic E-state index is 12.4. The quantitative estimate of drug-likeness (QED) is 0.222. The Morgan fingerprint density at radius 2 is 2.00 bits per heavy atom. The molecular weight excluding hydrogens is 360 g/mol. The normalized spacial score (nSPS) is 17.9. The summed E-state index contributed by atoms with van der Waals surface area (Å²) >= 11 is 0. The van der Waals surface area contributed by atoms with Gasteiger partial charge in [0.1, 0.15) is 18.2 Å². The van der Waals surface area contributed by atoms with Gasteiger partial charge in [0, 0.05) is 32.6 Å². The summed E-state index contributed by atoms with van der Waals surface area (Å²) in [6.07, 6.45) is 5.02. The average Bonchev–Trinajstić information content (AvgIpc) is 2.69. The maximum Gasteiger partial charge on any atom is 0.349 e. The van der Waals surface area contributed by atoms with Gasteiger partial charge in [-0.15, -0.1) is 0 Å². The smallest absolute Gasteiger partial charge is 0.349 e. The third kappa shape index (κ3) is 9.36. The second kappa shape index (κ2) is 14.2. The molecule has 0 aromatic carbocycles. The minimum atomic E-state index is -0.595. The second-order valence-corrected chi connectivity index (χ2v) is 6.82. The molecule has 158 valence electrons. The van der Waals surface area contributed by atoms with Crippen LogP contribution in [0.15, 0.2) is 22.9 Å². The molecule has 2 atom stereocenters. The van der Waals surface area contributed by atoms with Crippen molar-refractivity contribution in [2.45, 2.75) is 58.7 Å². The largest absolute Gasteiger partial charge is 0.459 e. The van der Waals surface area contributed by atoms with Gasteiger partial charge in [0.05, 0.1) is 18.8 Å². The SMILES string of the molecule is CCOC(C)COC(C)COC(=O)/C(C#N)=C1\C=C(NCCCOC)CCC1. The molecule has 0 amide bonds. The van der Waals surface area contributed by atoms with E-state index in [0.717, 1.165) is 37.1 Å². The first kappa shape index (κ1) is 24.2. The van der Waals surface area contributed by atoms with Gasteiger partial charge in [-0.05, 0) is 58.1 Å². The third-order valence-corrected chi connectivity index (χ3v) is 4.27. The van der Waals surface area contributed by atoms with Crippen LogP contribution < -0.4 is 5.32 Å². The highest BCUT2D eigenvalue weighted by Gasteiger charge is 2.20. The van der Waals surface area contributed by atoms with Crippen LogP contribution in [0.3, 0.4) is 0 Å². The van der Waals surface area contributed by atoms with Crippen molar-refractivity contribution in [1.82, 2.24) is 5.32 Å². The van der Waals surface area contributed by atoms with Gasteiger partial charge in [-0.25, -0.2) is 4.79 Å². The average molecular weight is 395 g/mol. The molecule has 7 nitrogen and oxygen atoms in total. The van der Waals surface area contributed by atoms with Crippen LogP contribution in [-0.2, 0) is 23.7 Å². The molecule has 0 radical (unpaired) electrons. The molecule has 1 aliphatic rings. The topological polar surface area (TPSA) is 89.8 Å². The zero-order chi connectivity index (χ0) is 20.8. The van der Waals surface area contributed by atoms with Crippen LogP contribution in [0.2, 0.25) is 0 Å². The van der Waals surface area contributed by atoms with Gasteiger partial charge in [-0.2, -0.15) is 5.26 Å². The van der Waals surface area contributed by atoms with Crippen molar-refractivity contribution in [3.63, 3.8) is 0 Å². The molecule has 2 unspecified atom stereocenters. The summed E-state index contributed by atoms with van der Waals surface area (Å²) in [5, 5.41) is 12.8. The molecule has 28 heavy (non-hydrogen) atoms. The van der Waals surface area contributed by atoms with Crippen molar-refractivity contribution in [2.75, 3.05) is 40.1 Å². The molecule has 7 heteroatoms. The Balaban J connectivity index is 2.57. The van der Waals surface area contributed by atoms with Crippen LogP contribution in [0.4, 0.5) is 0 Å². The first-order valence-corrected chi connectivity index (χ1v) is 9.98. The third-order valence-electron chi connectivity index (χ3n) is 4.27. The molecule has 0 spiro atoms. The van der Waals surface area contributed by atoms with Gasteiger partial charge in [-0.1, -0.05) is 0 Å². The lowest BCUT2D eigenvalue weighted by molar-refractivity contribution is -0.143. The van der Waals surface area contributed by atoms with Crippen LogP contribution in [0, 0.1) is 11.3 Å². The van der Waals surface area contributed by atoms with Gasteiger partial charge < -0.3 is 24.3 Å². The highest BCUT2D eigenvalue weighted by molar-refractivity contribution is 5.94. The van der Waals surface area contributed by atoms with Crippen LogP contribution >= 0.6 is 0 Å². The molecule has 0 fully saturated rings. The standard InChI is InChI=1S/C21H34N2O5/c1-5-26-16(2)14-27-17(3)15-28-21(24)20(13-22)18-8-6-9-19(12-18)23-10-7-11-25-4/h12,16-17,23H,5-11,14-15H2,1-4H3/b20-18-. The zero-order valence-electron chi connectivity index (χ0n) is 17.6. The summed E-state index contributed by atoms with van der Waals surface area (Å²) in [7, 11) is 1.68. The Hall–Kier alpha value is -1.88. The molecule has 0 aliphatic heterocycles. The van der Waals surface area contributed by atoms with Crippen molar-refractivity contribution < 1.29 is 23.7 Å². The fraction of sp³-hybridized carbons (Fsp3) is 0.714. The van der Waals surface area contributed by atoms with Crippen LogP contribution in [0.5, 0.6) is 0 Å². The minimum absolute atomic E-state index is 0.0119. The lowest BCUT2D eigenvalue weighted by atomic mass is 9.95. The Morgan fingerprint density at radius 3 is 2.68 bits per heavy atom. The molecule has 0 aromatic heterocycles. The number of esters is 1. The second-order valence-electron chi connectivity index (χ2n) is 6.82. The molecule has 0 bridgehead atoms. The fourth-order valence-corrected chi connectivity index (χ4v) is 2.82. The number of methoxy groups -OCH3 is 1. The number of hydrogen-bond acceptors (Lipinski definition) is 7. The molecule has 1 aliphatic carbocycles. The molecule has 1 rings (SSSR count). The number of nitrogens with zero attached hydrogens (tertiary/aromatic N) is 1. The van der Waals surface area contributed by atoms with E-state index in [1.54, 1.807) is 7.11 Å². The predicted octanol–water partition coefficient (Wildman–Crippen LogP) is 2.87. The molecule has 1 N–H and O–H groups in total. The number of carbonyl (C=O) groups excluding carboxylic acids is 1. The van der Waals surface area contributed by atoms with Gasteiger partial charge in [0.2, 0.25) is 0 Å². The summed E-state index contributed by atoms with van der Waals surface area (Å²) in [6.45, 7) is 8.34. The van der Waals surface area contributed by atoms with Crippen LogP contribution in [0.25, 0.3) is 0 Å². The monoisotopic (exact) mass is 394 g/mol. The molecule has 0 saturated carbocycles. The summed E-state index contributed by atoms with van der Waals surface area (Å²) in [6, 6.07) is 2.01. The van der Waals surface area contributed by atoms with Crippen molar-refractivity contribution in [3.05, 3.63) is 22.9 Å². The summed E-state index contributed by atoms with van der Waals surface area (Å²) in [4.78, 5) is 12.4. The number of hydrogen-bond donors (Lipinski definition) is 1. The van der Waals surface area contributed by atoms with E-state index in [9.17, 15) is 10.1 Å². The van der Waals surface area contributed by atoms with E-state index < -0.39 is 5.97 Å². The molecule has 0 saturated heterocycles. The fourth-order valence-electron chi connectivity index (χ4n) is 2.82. The lowest BCUT2D eigenvalue weighted by Crippen LogP contribution is -2.25. The van der Waals surface area contributed by atoms with Gasteiger partial charge in [-0.3, -0.25) is 0 Å². The summed E-state index contributed by atoms with van der Waals surface area (Å²) in [5.74, 6) is -0.595. The maximum absolute atomic E-state index is 12.4. The number of ether oxygens (including phenoxy) is 4. The van der Waals surface area contributed by atoms with E-state index in [0.29, 0.717) is 26.2 Å². The Morgan fingerprint density at radius 1 is 1.25 bits per heavy atom. The summed E-state index contributed by atoms with van der Waals surface area (Å²) in [5.41, 5.74) is 1.84. The first-order chi connectivity index (χ1) is 13.5. The van der Waals surface area contributed by atoms with Crippen molar-refractivity contribution in [2.24, 2.45) is 0 Å². The zero-order valence-corrected chi connectivity index (χ0v) is 17.6. The van der Waals surface area contributed by atoms with Crippen molar-refractivity contribution in [1.29, 1.82) is 5.26 Å². The van der Waals surface area contributed by atoms with Crippen molar-refractivity contribution in [3.8, 4) is 6.07 Å². The van der Waals surface area contributed by atoms with E-state index in [2.05, 4.69) is 5.32 Å². The number of rotatable bonds is 13. The Labute approximate surface area is 168 Å². The minimum Gasteiger partial charge on any atom is -0.459 e. The van der Waals surface area contributed by atoms with E-state index >= 15 is 0 Å². The van der Waals surface area contributed by atoms with Gasteiger partial charge >= 0.3 is 5.97 Å². The molecule has 0 aromatic rings. The van der Waals surface area contributed by atoms with Gasteiger partial charge in [0.15, 0.2) is 0 Å². The van der Waals surface area contributed by atoms with Crippen molar-refractivity contribution >= 4 is 5.97 Å². The van der Waals surface area contributed by atoms with E-state index in [1.165, 1.54) is 0 Å². The Kier molecular flexibility index (Phi) is 12.2. The number of carbonyl (C=O) groups is 1. The van der Waals surface area contributed by atoms with Crippen LogP contribution in [0.1, 0.15) is 46.5 Å². The predicted molar refractivity (Wildman–Crippen MR) is 107 cm³/mol. The summed E-state index contributed by atoms with van der Waals surface area (Å²) < 4.78 is 21.4. The number of nitriles is 1.